The van der Waals surface area contributed by atoms with Crippen molar-refractivity contribution >= 4 is 15.7 Å². The molecule has 25 heavy (non-hydrogen) atoms. The molecule has 6 heteroatoms. The van der Waals surface area contributed by atoms with E-state index in [0.717, 1.165) is 0 Å². The summed E-state index contributed by atoms with van der Waals surface area (Å²) in [5.74, 6) is 0.620. The van der Waals surface area contributed by atoms with E-state index in [0.29, 0.717) is 31.3 Å². The fourth-order valence-corrected chi connectivity index (χ4v) is 4.14. The van der Waals surface area contributed by atoms with Crippen molar-refractivity contribution in [3.8, 4) is 5.75 Å². The number of para-hydroxylation sites is 1. The maximum atomic E-state index is 13.0. The Bertz CT molecular complexity index is 743. The molecule has 0 spiro atoms. The minimum Gasteiger partial charge on any atom is -0.491 e. The molecule has 0 aliphatic carbocycles. The van der Waals surface area contributed by atoms with E-state index in [4.69, 9.17) is 9.47 Å². The number of hydrogen-bond donors (Lipinski definition) is 0. The van der Waals surface area contributed by atoms with Crippen molar-refractivity contribution in [2.75, 3.05) is 24.1 Å². The smallest absolute Gasteiger partial charge is 0.264 e. The van der Waals surface area contributed by atoms with Crippen LogP contribution in [0.1, 0.15) is 20.8 Å². The second-order valence-electron chi connectivity index (χ2n) is 5.75. The van der Waals surface area contributed by atoms with E-state index in [-0.39, 0.29) is 10.9 Å². The minimum absolute atomic E-state index is 0.200. The Balaban J connectivity index is 2.20. The van der Waals surface area contributed by atoms with Crippen LogP contribution in [-0.4, -0.2) is 34.3 Å². The zero-order valence-electron chi connectivity index (χ0n) is 14.9. The Morgan fingerprint density at radius 1 is 0.960 bits per heavy atom. The van der Waals surface area contributed by atoms with Crippen molar-refractivity contribution in [3.05, 3.63) is 54.6 Å². The molecule has 0 aliphatic rings. The summed E-state index contributed by atoms with van der Waals surface area (Å²) in [4.78, 5) is 0.238. The standard InChI is InChI=1S/C19H25NO4S/c1-4-23-14-15-24-18-10-12-19(13-11-18)25(21,22)20(16(2)3)17-8-6-5-7-9-17/h5-13,16H,4,14-15H2,1-3H3. The molecule has 0 N–H and O–H groups in total. The molecule has 0 atom stereocenters. The van der Waals surface area contributed by atoms with E-state index in [1.807, 2.05) is 39.0 Å². The third-order valence-corrected chi connectivity index (χ3v) is 5.58. The van der Waals surface area contributed by atoms with Gasteiger partial charge >= 0.3 is 0 Å². The number of ether oxygens (including phenoxy) is 2. The molecule has 2 aromatic carbocycles. The van der Waals surface area contributed by atoms with Gasteiger partial charge in [-0.2, -0.15) is 0 Å². The topological polar surface area (TPSA) is 55.8 Å². The summed E-state index contributed by atoms with van der Waals surface area (Å²) in [6, 6.07) is 15.4. The van der Waals surface area contributed by atoms with Crippen LogP contribution in [0.5, 0.6) is 5.75 Å². The largest absolute Gasteiger partial charge is 0.491 e. The predicted octanol–water partition coefficient (Wildman–Crippen LogP) is 3.71. The molecule has 0 aliphatic heterocycles. The highest BCUT2D eigenvalue weighted by Crippen LogP contribution is 2.27. The van der Waals surface area contributed by atoms with Gasteiger partial charge < -0.3 is 9.47 Å². The van der Waals surface area contributed by atoms with Gasteiger partial charge in [0.05, 0.1) is 17.2 Å². The number of anilines is 1. The van der Waals surface area contributed by atoms with Crippen LogP contribution in [0.4, 0.5) is 5.69 Å². The fourth-order valence-electron chi connectivity index (χ4n) is 2.47. The van der Waals surface area contributed by atoms with Gasteiger partial charge in [-0.3, -0.25) is 4.31 Å². The van der Waals surface area contributed by atoms with Gasteiger partial charge in [0.25, 0.3) is 10.0 Å². The first-order valence-electron chi connectivity index (χ1n) is 8.37. The van der Waals surface area contributed by atoms with E-state index in [2.05, 4.69) is 0 Å². The normalized spacial score (nSPS) is 11.5. The molecule has 136 valence electrons. The highest BCUT2D eigenvalue weighted by Gasteiger charge is 2.27. The highest BCUT2D eigenvalue weighted by atomic mass is 32.2. The van der Waals surface area contributed by atoms with Crippen molar-refractivity contribution in [1.29, 1.82) is 0 Å². The second kappa shape index (κ2) is 8.87. The van der Waals surface area contributed by atoms with Crippen LogP contribution in [-0.2, 0) is 14.8 Å². The molecule has 0 saturated heterocycles. The van der Waals surface area contributed by atoms with Crippen molar-refractivity contribution in [2.24, 2.45) is 0 Å². The summed E-state index contributed by atoms with van der Waals surface area (Å²) >= 11 is 0. The van der Waals surface area contributed by atoms with E-state index in [1.165, 1.54) is 4.31 Å². The molecular formula is C19H25NO4S. The lowest BCUT2D eigenvalue weighted by Gasteiger charge is -2.28. The van der Waals surface area contributed by atoms with Crippen LogP contribution in [0.15, 0.2) is 59.5 Å². The van der Waals surface area contributed by atoms with Gasteiger partial charge in [-0.25, -0.2) is 8.42 Å². The molecule has 0 amide bonds. The Morgan fingerprint density at radius 2 is 1.60 bits per heavy atom. The third-order valence-electron chi connectivity index (χ3n) is 3.56. The van der Waals surface area contributed by atoms with Gasteiger partial charge in [0, 0.05) is 12.6 Å². The van der Waals surface area contributed by atoms with Gasteiger partial charge in [0.2, 0.25) is 0 Å². The summed E-state index contributed by atoms with van der Waals surface area (Å²) < 4.78 is 38.3. The number of benzene rings is 2. The summed E-state index contributed by atoms with van der Waals surface area (Å²) in [6.45, 7) is 7.22. The maximum absolute atomic E-state index is 13.0. The van der Waals surface area contributed by atoms with E-state index >= 15 is 0 Å². The van der Waals surface area contributed by atoms with Crippen LogP contribution in [0.2, 0.25) is 0 Å². The Kier molecular flexibility index (Phi) is 6.84. The second-order valence-corrected chi connectivity index (χ2v) is 7.56. The summed E-state index contributed by atoms with van der Waals surface area (Å²) in [6.07, 6.45) is 0. The van der Waals surface area contributed by atoms with E-state index < -0.39 is 10.0 Å². The highest BCUT2D eigenvalue weighted by molar-refractivity contribution is 7.92. The molecule has 0 bridgehead atoms. The number of sulfonamides is 1. The van der Waals surface area contributed by atoms with E-state index in [9.17, 15) is 8.42 Å². The quantitative estimate of drug-likeness (QED) is 0.638. The first-order chi connectivity index (χ1) is 12.0. The molecule has 0 aromatic heterocycles. The average molecular weight is 363 g/mol. The molecule has 5 nitrogen and oxygen atoms in total. The third kappa shape index (κ3) is 4.96. The summed E-state index contributed by atoms with van der Waals surface area (Å²) in [5, 5.41) is 0. The van der Waals surface area contributed by atoms with Crippen molar-refractivity contribution in [3.63, 3.8) is 0 Å². The predicted molar refractivity (Wildman–Crippen MR) is 99.7 cm³/mol. The minimum atomic E-state index is -3.65. The van der Waals surface area contributed by atoms with Gasteiger partial charge in [-0.1, -0.05) is 18.2 Å². The van der Waals surface area contributed by atoms with Crippen molar-refractivity contribution < 1.29 is 17.9 Å². The lowest BCUT2D eigenvalue weighted by Crippen LogP contribution is -2.36. The fraction of sp³-hybridized carbons (Fsp3) is 0.368. The molecule has 0 heterocycles. The van der Waals surface area contributed by atoms with Crippen molar-refractivity contribution in [1.82, 2.24) is 0 Å². The molecule has 2 rings (SSSR count). The first-order valence-corrected chi connectivity index (χ1v) is 9.81. The van der Waals surface area contributed by atoms with Gasteiger partial charge in [0.1, 0.15) is 12.4 Å². The Morgan fingerprint density at radius 3 is 2.16 bits per heavy atom. The number of nitrogens with zero attached hydrogens (tertiary/aromatic N) is 1. The summed E-state index contributed by atoms with van der Waals surface area (Å²) in [7, 11) is -3.65. The maximum Gasteiger partial charge on any atom is 0.264 e. The zero-order chi connectivity index (χ0) is 18.3. The Hall–Kier alpha value is -2.05. The van der Waals surface area contributed by atoms with E-state index in [1.54, 1.807) is 36.4 Å². The van der Waals surface area contributed by atoms with Crippen LogP contribution in [0.3, 0.4) is 0 Å². The number of hydrogen-bond acceptors (Lipinski definition) is 4. The lowest BCUT2D eigenvalue weighted by atomic mass is 10.3. The van der Waals surface area contributed by atoms with Crippen LogP contribution < -0.4 is 9.04 Å². The van der Waals surface area contributed by atoms with Crippen LogP contribution >= 0.6 is 0 Å². The van der Waals surface area contributed by atoms with Gasteiger partial charge in [0.15, 0.2) is 0 Å². The number of rotatable bonds is 9. The summed E-state index contributed by atoms with van der Waals surface area (Å²) in [5.41, 5.74) is 0.648. The molecule has 0 fully saturated rings. The van der Waals surface area contributed by atoms with Crippen LogP contribution in [0, 0.1) is 0 Å². The monoisotopic (exact) mass is 363 g/mol. The first kappa shape index (κ1) is 19.3. The molecule has 0 radical (unpaired) electrons. The molecule has 0 unspecified atom stereocenters. The molecule has 2 aromatic rings. The SMILES string of the molecule is CCOCCOc1ccc(S(=O)(=O)N(c2ccccc2)C(C)C)cc1. The molecule has 0 saturated carbocycles. The van der Waals surface area contributed by atoms with Gasteiger partial charge in [-0.05, 0) is 57.2 Å². The average Bonchev–Trinajstić information content (AvgIpc) is 2.59. The van der Waals surface area contributed by atoms with Crippen LogP contribution in [0.25, 0.3) is 0 Å². The lowest BCUT2D eigenvalue weighted by molar-refractivity contribution is 0.110. The van der Waals surface area contributed by atoms with Gasteiger partial charge in [-0.15, -0.1) is 0 Å². The van der Waals surface area contributed by atoms with Crippen molar-refractivity contribution in [2.45, 2.75) is 31.7 Å². The molecular weight excluding hydrogens is 338 g/mol. The zero-order valence-corrected chi connectivity index (χ0v) is 15.7. The Labute approximate surface area is 150 Å².